The van der Waals surface area contributed by atoms with Gasteiger partial charge in [-0.25, -0.2) is 13.1 Å². The maximum absolute atomic E-state index is 12.9. The predicted octanol–water partition coefficient (Wildman–Crippen LogP) is 3.14. The van der Waals surface area contributed by atoms with Crippen molar-refractivity contribution in [3.8, 4) is 11.5 Å². The molecule has 1 heterocycles. The summed E-state index contributed by atoms with van der Waals surface area (Å²) in [6, 6.07) is 9.91. The third kappa shape index (κ3) is 4.91. The number of ether oxygens (including phenoxy) is 2. The quantitative estimate of drug-likeness (QED) is 0.622. The third-order valence-electron chi connectivity index (χ3n) is 5.02. The van der Waals surface area contributed by atoms with E-state index in [4.69, 9.17) is 9.47 Å². The van der Waals surface area contributed by atoms with E-state index in [-0.39, 0.29) is 17.3 Å². The number of nitrogens with one attached hydrogen (secondary N) is 1. The standard InChI is InChI=1S/C21H26N2O5S2/c1-27-18-8-6-15(12-19(18)28-2)14-22-30(25,26)16-7-9-20(29-3)17(13-16)21(24)23-10-4-5-11-23/h6-9,12-13,22H,4-5,10-11,14H2,1-3H3. The van der Waals surface area contributed by atoms with Crippen molar-refractivity contribution in [2.24, 2.45) is 0 Å². The Morgan fingerprint density at radius 1 is 1.07 bits per heavy atom. The Kier molecular flexibility index (Phi) is 7.27. The summed E-state index contributed by atoms with van der Waals surface area (Å²) in [5, 5.41) is 0. The number of likely N-dealkylation sites (tertiary alicyclic amines) is 1. The number of nitrogens with zero attached hydrogens (tertiary/aromatic N) is 1. The van der Waals surface area contributed by atoms with Gasteiger partial charge in [0.1, 0.15) is 0 Å². The topological polar surface area (TPSA) is 84.9 Å². The normalized spacial score (nSPS) is 14.0. The minimum absolute atomic E-state index is 0.0725. The van der Waals surface area contributed by atoms with Crippen LogP contribution in [0.25, 0.3) is 0 Å². The summed E-state index contributed by atoms with van der Waals surface area (Å²) >= 11 is 1.43. The van der Waals surface area contributed by atoms with Crippen LogP contribution in [-0.4, -0.2) is 52.8 Å². The number of amides is 1. The Bertz CT molecular complexity index is 1020. The van der Waals surface area contributed by atoms with Gasteiger partial charge in [0.05, 0.1) is 24.7 Å². The van der Waals surface area contributed by atoms with E-state index in [0.717, 1.165) is 23.3 Å². The maximum Gasteiger partial charge on any atom is 0.255 e. The number of methoxy groups -OCH3 is 2. The summed E-state index contributed by atoms with van der Waals surface area (Å²) in [7, 11) is -0.733. The molecule has 7 nitrogen and oxygen atoms in total. The van der Waals surface area contributed by atoms with Gasteiger partial charge in [-0.1, -0.05) is 6.07 Å². The SMILES string of the molecule is COc1ccc(CNS(=O)(=O)c2ccc(SC)c(C(=O)N3CCCC3)c2)cc1OC. The molecule has 2 aromatic rings. The number of rotatable bonds is 8. The molecule has 1 fully saturated rings. The van der Waals surface area contributed by atoms with Crippen LogP contribution in [-0.2, 0) is 16.6 Å². The smallest absolute Gasteiger partial charge is 0.255 e. The van der Waals surface area contributed by atoms with Crippen LogP contribution in [0.3, 0.4) is 0 Å². The third-order valence-corrected chi connectivity index (χ3v) is 7.21. The van der Waals surface area contributed by atoms with Crippen molar-refractivity contribution in [3.05, 3.63) is 47.5 Å². The molecule has 3 rings (SSSR count). The van der Waals surface area contributed by atoms with Crippen LogP contribution in [0, 0.1) is 0 Å². The molecule has 0 aromatic heterocycles. The van der Waals surface area contributed by atoms with Crippen LogP contribution in [0.15, 0.2) is 46.2 Å². The monoisotopic (exact) mass is 450 g/mol. The van der Waals surface area contributed by atoms with E-state index in [1.165, 1.54) is 31.0 Å². The first-order valence-corrected chi connectivity index (χ1v) is 12.3. The molecule has 1 N–H and O–H groups in total. The Morgan fingerprint density at radius 2 is 1.77 bits per heavy atom. The fourth-order valence-corrected chi connectivity index (χ4v) is 4.98. The Labute approximate surface area is 181 Å². The van der Waals surface area contributed by atoms with Crippen LogP contribution in [0.5, 0.6) is 11.5 Å². The summed E-state index contributed by atoms with van der Waals surface area (Å²) in [4.78, 5) is 15.5. The first kappa shape index (κ1) is 22.5. The highest BCUT2D eigenvalue weighted by molar-refractivity contribution is 7.98. The molecule has 0 saturated carbocycles. The lowest BCUT2D eigenvalue weighted by molar-refractivity contribution is 0.0789. The highest BCUT2D eigenvalue weighted by atomic mass is 32.2. The Morgan fingerprint density at radius 3 is 2.40 bits per heavy atom. The van der Waals surface area contributed by atoms with Crippen molar-refractivity contribution in [1.29, 1.82) is 0 Å². The summed E-state index contributed by atoms with van der Waals surface area (Å²) < 4.78 is 38.8. The van der Waals surface area contributed by atoms with Crippen molar-refractivity contribution in [3.63, 3.8) is 0 Å². The van der Waals surface area contributed by atoms with E-state index in [0.29, 0.717) is 30.2 Å². The predicted molar refractivity (Wildman–Crippen MR) is 117 cm³/mol. The van der Waals surface area contributed by atoms with E-state index in [1.54, 1.807) is 36.3 Å². The van der Waals surface area contributed by atoms with Gasteiger partial charge >= 0.3 is 0 Å². The molecule has 0 bridgehead atoms. The van der Waals surface area contributed by atoms with Crippen molar-refractivity contribution in [2.75, 3.05) is 33.6 Å². The molecule has 1 saturated heterocycles. The number of hydrogen-bond acceptors (Lipinski definition) is 6. The number of benzene rings is 2. The molecule has 1 aliphatic rings. The molecule has 9 heteroatoms. The van der Waals surface area contributed by atoms with Gasteiger partial charge in [-0.2, -0.15) is 0 Å². The second-order valence-electron chi connectivity index (χ2n) is 6.88. The number of carbonyl (C=O) groups excluding carboxylic acids is 1. The lowest BCUT2D eigenvalue weighted by Crippen LogP contribution is -2.29. The first-order valence-electron chi connectivity index (χ1n) is 9.57. The van der Waals surface area contributed by atoms with Crippen LogP contribution >= 0.6 is 11.8 Å². The summed E-state index contributed by atoms with van der Waals surface area (Å²) in [5.41, 5.74) is 1.16. The molecule has 0 radical (unpaired) electrons. The summed E-state index contributed by atoms with van der Waals surface area (Å²) in [5.74, 6) is 0.979. The van der Waals surface area contributed by atoms with Crippen LogP contribution in [0.4, 0.5) is 0 Å². The zero-order valence-corrected chi connectivity index (χ0v) is 18.9. The highest BCUT2D eigenvalue weighted by Crippen LogP contribution is 2.28. The van der Waals surface area contributed by atoms with Crippen LogP contribution in [0.2, 0.25) is 0 Å². The zero-order valence-electron chi connectivity index (χ0n) is 17.3. The largest absolute Gasteiger partial charge is 0.493 e. The van der Waals surface area contributed by atoms with E-state index in [1.807, 2.05) is 6.26 Å². The van der Waals surface area contributed by atoms with Gasteiger partial charge in [-0.3, -0.25) is 4.79 Å². The van der Waals surface area contributed by atoms with E-state index < -0.39 is 10.0 Å². The average Bonchev–Trinajstić information content (AvgIpc) is 3.31. The Hall–Kier alpha value is -2.23. The lowest BCUT2D eigenvalue weighted by Gasteiger charge is -2.18. The number of thioether (sulfide) groups is 1. The van der Waals surface area contributed by atoms with Gasteiger partial charge in [-0.05, 0) is 55.0 Å². The second-order valence-corrected chi connectivity index (χ2v) is 9.49. The average molecular weight is 451 g/mol. The molecule has 2 aromatic carbocycles. The molecule has 0 unspecified atom stereocenters. The Balaban J connectivity index is 1.82. The molecule has 0 spiro atoms. The number of hydrogen-bond donors (Lipinski definition) is 1. The number of sulfonamides is 1. The van der Waals surface area contributed by atoms with Crippen molar-refractivity contribution in [1.82, 2.24) is 9.62 Å². The molecular formula is C21H26N2O5S2. The molecule has 30 heavy (non-hydrogen) atoms. The van der Waals surface area contributed by atoms with Crippen molar-refractivity contribution < 1.29 is 22.7 Å². The second kappa shape index (κ2) is 9.72. The number of carbonyl (C=O) groups is 1. The van der Waals surface area contributed by atoms with Gasteiger partial charge in [0.25, 0.3) is 5.91 Å². The van der Waals surface area contributed by atoms with Gasteiger partial charge < -0.3 is 14.4 Å². The van der Waals surface area contributed by atoms with Gasteiger partial charge in [0.2, 0.25) is 10.0 Å². The highest BCUT2D eigenvalue weighted by Gasteiger charge is 2.24. The summed E-state index contributed by atoms with van der Waals surface area (Å²) in [6.07, 6.45) is 3.83. The molecule has 0 aliphatic carbocycles. The van der Waals surface area contributed by atoms with Gasteiger partial charge in [0, 0.05) is 24.5 Å². The van der Waals surface area contributed by atoms with E-state index in [2.05, 4.69) is 4.72 Å². The maximum atomic E-state index is 12.9. The molecule has 0 atom stereocenters. The van der Waals surface area contributed by atoms with Crippen molar-refractivity contribution >= 4 is 27.7 Å². The van der Waals surface area contributed by atoms with Crippen LogP contribution in [0.1, 0.15) is 28.8 Å². The lowest BCUT2D eigenvalue weighted by atomic mass is 10.2. The van der Waals surface area contributed by atoms with Gasteiger partial charge in [-0.15, -0.1) is 11.8 Å². The molecule has 1 aliphatic heterocycles. The zero-order chi connectivity index (χ0) is 21.7. The van der Waals surface area contributed by atoms with Crippen LogP contribution < -0.4 is 14.2 Å². The van der Waals surface area contributed by atoms with Crippen molar-refractivity contribution in [2.45, 2.75) is 29.2 Å². The first-order chi connectivity index (χ1) is 14.4. The fraction of sp³-hybridized carbons (Fsp3) is 0.381. The molecule has 162 valence electrons. The summed E-state index contributed by atoms with van der Waals surface area (Å²) in [6.45, 7) is 1.50. The minimum atomic E-state index is -3.80. The fourth-order valence-electron chi connectivity index (χ4n) is 3.36. The molecular weight excluding hydrogens is 424 g/mol. The van der Waals surface area contributed by atoms with E-state index in [9.17, 15) is 13.2 Å². The minimum Gasteiger partial charge on any atom is -0.493 e. The van der Waals surface area contributed by atoms with E-state index >= 15 is 0 Å². The molecule has 1 amide bonds. The van der Waals surface area contributed by atoms with Gasteiger partial charge in [0.15, 0.2) is 11.5 Å².